The van der Waals surface area contributed by atoms with Crippen molar-refractivity contribution in [2.45, 2.75) is 5.75 Å². The molecule has 0 N–H and O–H groups in total. The fourth-order valence-electron chi connectivity index (χ4n) is 1.21. The van der Waals surface area contributed by atoms with Crippen LogP contribution < -0.4 is 0 Å². The van der Waals surface area contributed by atoms with E-state index in [9.17, 15) is 0 Å². The zero-order valence-electron chi connectivity index (χ0n) is 6.97. The highest BCUT2D eigenvalue weighted by Gasteiger charge is 2.05. The van der Waals surface area contributed by atoms with Crippen molar-refractivity contribution in [3.63, 3.8) is 0 Å². The molecule has 0 aliphatic carbocycles. The fraction of sp³-hybridized carbons (Fsp3) is 0.100. The highest BCUT2D eigenvalue weighted by Crippen LogP contribution is 2.25. The molecular formula is C10H9NS2. The average molecular weight is 207 g/mol. The van der Waals surface area contributed by atoms with Gasteiger partial charge in [0, 0.05) is 16.2 Å². The van der Waals surface area contributed by atoms with Gasteiger partial charge in [-0.05, 0) is 0 Å². The van der Waals surface area contributed by atoms with Gasteiger partial charge in [-0.1, -0.05) is 30.3 Å². The van der Waals surface area contributed by atoms with E-state index in [1.54, 1.807) is 11.3 Å². The van der Waals surface area contributed by atoms with Crippen LogP contribution in [-0.4, -0.2) is 4.98 Å². The molecule has 66 valence electrons. The third kappa shape index (κ3) is 1.76. The highest BCUT2D eigenvalue weighted by atomic mass is 32.1. The molecule has 0 radical (unpaired) electrons. The smallest absolute Gasteiger partial charge is 0.0851 e. The summed E-state index contributed by atoms with van der Waals surface area (Å²) >= 11 is 5.92. The lowest BCUT2D eigenvalue weighted by Crippen LogP contribution is -1.80. The summed E-state index contributed by atoms with van der Waals surface area (Å²) in [6.45, 7) is 0. The maximum absolute atomic E-state index is 4.33. The van der Waals surface area contributed by atoms with Crippen molar-refractivity contribution in [3.8, 4) is 11.3 Å². The summed E-state index contributed by atoms with van der Waals surface area (Å²) in [6, 6.07) is 10.2. The molecule has 2 rings (SSSR count). The Morgan fingerprint density at radius 2 is 2.00 bits per heavy atom. The van der Waals surface area contributed by atoms with E-state index in [4.69, 9.17) is 0 Å². The molecular weight excluding hydrogens is 198 g/mol. The Hall–Kier alpha value is -0.800. The van der Waals surface area contributed by atoms with E-state index in [0.29, 0.717) is 0 Å². The third-order valence-electron chi connectivity index (χ3n) is 1.83. The predicted octanol–water partition coefficient (Wildman–Crippen LogP) is 3.24. The molecule has 0 aliphatic rings. The van der Waals surface area contributed by atoms with Crippen LogP contribution in [0, 0.1) is 0 Å². The van der Waals surface area contributed by atoms with Gasteiger partial charge in [0.1, 0.15) is 0 Å². The first-order valence-corrected chi connectivity index (χ1v) is 5.51. The number of aromatic nitrogens is 1. The normalized spacial score (nSPS) is 10.2. The van der Waals surface area contributed by atoms with Gasteiger partial charge in [0.05, 0.1) is 11.2 Å². The Morgan fingerprint density at radius 1 is 1.23 bits per heavy atom. The van der Waals surface area contributed by atoms with Crippen LogP contribution in [0.25, 0.3) is 11.3 Å². The molecule has 0 atom stereocenters. The predicted molar refractivity (Wildman–Crippen MR) is 60.2 cm³/mol. The molecule has 0 unspecified atom stereocenters. The molecule has 1 heterocycles. The first-order valence-electron chi connectivity index (χ1n) is 4.00. The molecule has 1 aromatic heterocycles. The molecule has 0 saturated heterocycles. The molecule has 0 bridgehead atoms. The van der Waals surface area contributed by atoms with Gasteiger partial charge in [0.15, 0.2) is 0 Å². The second-order valence-corrected chi connectivity index (χ2v) is 3.90. The minimum Gasteiger partial charge on any atom is -0.244 e. The maximum Gasteiger partial charge on any atom is 0.0851 e. The number of hydrogen-bond acceptors (Lipinski definition) is 3. The first kappa shape index (κ1) is 8.78. The summed E-state index contributed by atoms with van der Waals surface area (Å²) in [5.74, 6) is 0.759. The number of rotatable bonds is 2. The van der Waals surface area contributed by atoms with Crippen LogP contribution in [0.4, 0.5) is 0 Å². The lowest BCUT2D eigenvalue weighted by Gasteiger charge is -1.98. The number of nitrogens with zero attached hydrogens (tertiary/aromatic N) is 1. The Morgan fingerprint density at radius 3 is 2.69 bits per heavy atom. The summed E-state index contributed by atoms with van der Waals surface area (Å²) in [4.78, 5) is 5.56. The van der Waals surface area contributed by atoms with E-state index in [0.717, 1.165) is 11.4 Å². The molecule has 13 heavy (non-hydrogen) atoms. The van der Waals surface area contributed by atoms with Crippen molar-refractivity contribution in [1.29, 1.82) is 0 Å². The summed E-state index contributed by atoms with van der Waals surface area (Å²) in [7, 11) is 0. The van der Waals surface area contributed by atoms with Gasteiger partial charge in [-0.15, -0.1) is 11.3 Å². The van der Waals surface area contributed by atoms with Crippen LogP contribution in [0.2, 0.25) is 0 Å². The number of benzene rings is 1. The van der Waals surface area contributed by atoms with E-state index >= 15 is 0 Å². The van der Waals surface area contributed by atoms with Gasteiger partial charge >= 0.3 is 0 Å². The van der Waals surface area contributed by atoms with Crippen LogP contribution in [-0.2, 0) is 5.75 Å². The zero-order chi connectivity index (χ0) is 9.10. The van der Waals surface area contributed by atoms with Crippen LogP contribution in [0.5, 0.6) is 0 Å². The second-order valence-electron chi connectivity index (χ2n) is 2.65. The van der Waals surface area contributed by atoms with Gasteiger partial charge in [-0.25, -0.2) is 4.98 Å². The van der Waals surface area contributed by atoms with Gasteiger partial charge in [0.2, 0.25) is 0 Å². The second kappa shape index (κ2) is 3.94. The lowest BCUT2D eigenvalue weighted by atomic mass is 10.1. The first-order chi connectivity index (χ1) is 6.42. The van der Waals surface area contributed by atoms with Crippen LogP contribution in [0.1, 0.15) is 4.88 Å². The summed E-state index contributed by atoms with van der Waals surface area (Å²) in [6.07, 6.45) is 0. The van der Waals surface area contributed by atoms with Crippen molar-refractivity contribution >= 4 is 24.0 Å². The van der Waals surface area contributed by atoms with Gasteiger partial charge in [-0.3, -0.25) is 0 Å². The summed E-state index contributed by atoms with van der Waals surface area (Å²) in [5, 5.41) is 0. The molecule has 0 spiro atoms. The topological polar surface area (TPSA) is 12.9 Å². The molecule has 1 aromatic carbocycles. The molecule has 2 aromatic rings. The SMILES string of the molecule is SCc1scnc1-c1ccccc1. The van der Waals surface area contributed by atoms with E-state index in [2.05, 4.69) is 29.7 Å². The van der Waals surface area contributed by atoms with E-state index in [-0.39, 0.29) is 0 Å². The third-order valence-corrected chi connectivity index (χ3v) is 3.19. The molecule has 0 saturated carbocycles. The van der Waals surface area contributed by atoms with E-state index in [1.165, 1.54) is 10.4 Å². The summed E-state index contributed by atoms with van der Waals surface area (Å²) < 4.78 is 0. The van der Waals surface area contributed by atoms with Crippen molar-refractivity contribution in [1.82, 2.24) is 4.98 Å². The highest BCUT2D eigenvalue weighted by molar-refractivity contribution is 7.79. The molecule has 0 aliphatic heterocycles. The van der Waals surface area contributed by atoms with Crippen molar-refractivity contribution < 1.29 is 0 Å². The van der Waals surface area contributed by atoms with Crippen molar-refractivity contribution in [2.24, 2.45) is 0 Å². The molecule has 1 nitrogen and oxygen atoms in total. The Balaban J connectivity index is 2.47. The average Bonchev–Trinajstić information content (AvgIpc) is 2.67. The monoisotopic (exact) mass is 207 g/mol. The van der Waals surface area contributed by atoms with Crippen LogP contribution >= 0.6 is 24.0 Å². The standard InChI is InChI=1S/C10H9NS2/c12-6-9-10(11-7-13-9)8-4-2-1-3-5-8/h1-5,7,12H,6H2. The lowest BCUT2D eigenvalue weighted by molar-refractivity contribution is 1.36. The minimum absolute atomic E-state index is 0.759. The van der Waals surface area contributed by atoms with Crippen molar-refractivity contribution in [3.05, 3.63) is 40.7 Å². The van der Waals surface area contributed by atoms with Gasteiger partial charge < -0.3 is 0 Å². The van der Waals surface area contributed by atoms with E-state index in [1.807, 2.05) is 23.7 Å². The van der Waals surface area contributed by atoms with Crippen LogP contribution in [0.3, 0.4) is 0 Å². The fourth-order valence-corrected chi connectivity index (χ4v) is 2.23. The largest absolute Gasteiger partial charge is 0.244 e. The van der Waals surface area contributed by atoms with Crippen molar-refractivity contribution in [2.75, 3.05) is 0 Å². The molecule has 3 heteroatoms. The maximum atomic E-state index is 4.33. The van der Waals surface area contributed by atoms with E-state index < -0.39 is 0 Å². The number of hydrogen-bond donors (Lipinski definition) is 1. The van der Waals surface area contributed by atoms with Crippen LogP contribution in [0.15, 0.2) is 35.8 Å². The number of thiazole rings is 1. The Bertz CT molecular complexity index is 381. The quantitative estimate of drug-likeness (QED) is 0.746. The Kier molecular flexibility index (Phi) is 2.66. The van der Waals surface area contributed by atoms with Gasteiger partial charge in [-0.2, -0.15) is 12.6 Å². The number of thiol groups is 1. The zero-order valence-corrected chi connectivity index (χ0v) is 8.68. The molecule has 0 amide bonds. The van der Waals surface area contributed by atoms with Gasteiger partial charge in [0.25, 0.3) is 0 Å². The summed E-state index contributed by atoms with van der Waals surface area (Å²) in [5.41, 5.74) is 4.11. The molecule has 0 fully saturated rings. The minimum atomic E-state index is 0.759. The Labute approximate surface area is 86.9 Å².